The van der Waals surface area contributed by atoms with Crippen molar-refractivity contribution in [2.24, 2.45) is 0 Å². The quantitative estimate of drug-likeness (QED) is 0.782. The molecule has 0 aromatic heterocycles. The van der Waals surface area contributed by atoms with Crippen molar-refractivity contribution in [3.05, 3.63) is 22.2 Å². The van der Waals surface area contributed by atoms with Crippen molar-refractivity contribution in [3.8, 4) is 11.5 Å². The number of hydrogen-bond acceptors (Lipinski definition) is 2. The van der Waals surface area contributed by atoms with Gasteiger partial charge in [-0.3, -0.25) is 0 Å². The summed E-state index contributed by atoms with van der Waals surface area (Å²) in [7, 11) is 1.52. The fourth-order valence-corrected chi connectivity index (χ4v) is 1.64. The van der Waals surface area contributed by atoms with Gasteiger partial charge in [0.1, 0.15) is 0 Å². The number of benzene rings is 1. The van der Waals surface area contributed by atoms with Gasteiger partial charge in [-0.1, -0.05) is 0 Å². The van der Waals surface area contributed by atoms with E-state index in [2.05, 4.69) is 15.9 Å². The van der Waals surface area contributed by atoms with Crippen molar-refractivity contribution < 1.29 is 9.84 Å². The number of phenols is 1. The van der Waals surface area contributed by atoms with Gasteiger partial charge in [-0.2, -0.15) is 0 Å². The van der Waals surface area contributed by atoms with Crippen LogP contribution in [-0.2, 0) is 0 Å². The van der Waals surface area contributed by atoms with Gasteiger partial charge in [-0.25, -0.2) is 0 Å². The molecule has 1 aromatic rings. The molecule has 11 heavy (non-hydrogen) atoms. The number of phenolic OH excluding ortho intramolecular Hbond substituents is 1. The van der Waals surface area contributed by atoms with E-state index in [9.17, 15) is 5.11 Å². The summed E-state index contributed by atoms with van der Waals surface area (Å²) in [5.74, 6) is 0.648. The number of ether oxygens (including phenoxy) is 1. The number of halogens is 1. The summed E-state index contributed by atoms with van der Waals surface area (Å²) in [6, 6.07) is 3.54. The van der Waals surface area contributed by atoms with E-state index in [-0.39, 0.29) is 5.75 Å². The van der Waals surface area contributed by atoms with Crippen LogP contribution in [0.15, 0.2) is 16.6 Å². The maximum absolute atomic E-state index is 9.32. The van der Waals surface area contributed by atoms with Crippen LogP contribution in [0, 0.1) is 6.92 Å². The molecule has 0 atom stereocenters. The zero-order chi connectivity index (χ0) is 8.43. The van der Waals surface area contributed by atoms with E-state index in [1.54, 1.807) is 6.07 Å². The topological polar surface area (TPSA) is 29.5 Å². The Labute approximate surface area is 73.9 Å². The molecule has 0 amide bonds. The predicted octanol–water partition coefficient (Wildman–Crippen LogP) is 2.47. The molecule has 0 unspecified atom stereocenters. The Bertz CT molecular complexity index is 248. The van der Waals surface area contributed by atoms with E-state index in [1.807, 2.05) is 13.0 Å². The van der Waals surface area contributed by atoms with Crippen LogP contribution in [0.3, 0.4) is 0 Å². The van der Waals surface area contributed by atoms with Crippen molar-refractivity contribution in [2.45, 2.75) is 6.92 Å². The Morgan fingerprint density at radius 3 is 2.55 bits per heavy atom. The average molecular weight is 217 g/mol. The van der Waals surface area contributed by atoms with Crippen LogP contribution in [-0.4, -0.2) is 12.2 Å². The first kappa shape index (κ1) is 8.40. The second kappa shape index (κ2) is 3.13. The Hall–Kier alpha value is -0.700. The van der Waals surface area contributed by atoms with Crippen LogP contribution in [0.1, 0.15) is 5.56 Å². The Balaban J connectivity index is 3.25. The second-order valence-corrected chi connectivity index (χ2v) is 3.15. The largest absolute Gasteiger partial charge is 0.504 e. The standard InChI is InChI=1S/C8H9BrO2/c1-5-3-6(9)8(11-2)7(10)4-5/h3-4,10H,1-2H3. The SMILES string of the molecule is COc1c(O)cc(C)cc1Br. The smallest absolute Gasteiger partial charge is 0.174 e. The van der Waals surface area contributed by atoms with Crippen molar-refractivity contribution in [1.29, 1.82) is 0 Å². The third-order valence-corrected chi connectivity index (χ3v) is 1.96. The highest BCUT2D eigenvalue weighted by atomic mass is 79.9. The Morgan fingerprint density at radius 2 is 2.09 bits per heavy atom. The maximum atomic E-state index is 9.32. The molecule has 1 N–H and O–H groups in total. The lowest BCUT2D eigenvalue weighted by Gasteiger charge is -2.05. The van der Waals surface area contributed by atoms with Crippen LogP contribution in [0.25, 0.3) is 0 Å². The minimum absolute atomic E-state index is 0.166. The number of rotatable bonds is 1. The molecule has 0 aliphatic rings. The van der Waals surface area contributed by atoms with Gasteiger partial charge in [0, 0.05) is 0 Å². The van der Waals surface area contributed by atoms with Gasteiger partial charge in [-0.15, -0.1) is 0 Å². The summed E-state index contributed by atoms with van der Waals surface area (Å²) >= 11 is 3.27. The van der Waals surface area contributed by atoms with Crippen LogP contribution in [0.2, 0.25) is 0 Å². The van der Waals surface area contributed by atoms with Crippen molar-refractivity contribution in [3.63, 3.8) is 0 Å². The van der Waals surface area contributed by atoms with Gasteiger partial charge >= 0.3 is 0 Å². The van der Waals surface area contributed by atoms with Gasteiger partial charge < -0.3 is 9.84 Å². The van der Waals surface area contributed by atoms with Gasteiger partial charge in [0.15, 0.2) is 11.5 Å². The highest BCUT2D eigenvalue weighted by molar-refractivity contribution is 9.10. The van der Waals surface area contributed by atoms with E-state index in [1.165, 1.54) is 7.11 Å². The van der Waals surface area contributed by atoms with Crippen LogP contribution in [0.4, 0.5) is 0 Å². The molecule has 0 aliphatic heterocycles. The first-order valence-corrected chi connectivity index (χ1v) is 3.97. The Kier molecular flexibility index (Phi) is 2.39. The molecule has 0 spiro atoms. The summed E-state index contributed by atoms with van der Waals surface area (Å²) in [6.45, 7) is 1.91. The molecule has 60 valence electrons. The molecule has 1 aromatic carbocycles. The molecular formula is C8H9BrO2. The van der Waals surface area contributed by atoms with Gasteiger partial charge in [0.2, 0.25) is 0 Å². The highest BCUT2D eigenvalue weighted by Crippen LogP contribution is 2.34. The second-order valence-electron chi connectivity index (χ2n) is 2.30. The van der Waals surface area contributed by atoms with Crippen molar-refractivity contribution in [2.75, 3.05) is 7.11 Å². The molecule has 1 rings (SSSR count). The molecule has 0 bridgehead atoms. The van der Waals surface area contributed by atoms with Crippen LogP contribution >= 0.6 is 15.9 Å². The van der Waals surface area contributed by atoms with Crippen molar-refractivity contribution >= 4 is 15.9 Å². The summed E-state index contributed by atoms with van der Waals surface area (Å²) < 4.78 is 5.71. The third kappa shape index (κ3) is 1.66. The van der Waals surface area contributed by atoms with Gasteiger partial charge in [0.05, 0.1) is 11.6 Å². The van der Waals surface area contributed by atoms with Crippen LogP contribution in [0.5, 0.6) is 11.5 Å². The minimum atomic E-state index is 0.166. The maximum Gasteiger partial charge on any atom is 0.174 e. The summed E-state index contributed by atoms with van der Waals surface area (Å²) in [5, 5.41) is 9.32. The molecule has 0 saturated heterocycles. The number of methoxy groups -OCH3 is 1. The van der Waals surface area contributed by atoms with Crippen LogP contribution < -0.4 is 4.74 Å². The zero-order valence-electron chi connectivity index (χ0n) is 6.39. The van der Waals surface area contributed by atoms with E-state index < -0.39 is 0 Å². The lowest BCUT2D eigenvalue weighted by Crippen LogP contribution is -1.85. The van der Waals surface area contributed by atoms with E-state index in [0.717, 1.165) is 10.0 Å². The lowest BCUT2D eigenvalue weighted by atomic mass is 10.2. The Morgan fingerprint density at radius 1 is 1.45 bits per heavy atom. The average Bonchev–Trinajstić information content (AvgIpc) is 1.85. The number of aromatic hydroxyl groups is 1. The van der Waals surface area contributed by atoms with E-state index in [0.29, 0.717) is 5.75 Å². The minimum Gasteiger partial charge on any atom is -0.504 e. The summed E-state index contributed by atoms with van der Waals surface area (Å²) in [4.78, 5) is 0. The normalized spacial score (nSPS) is 9.73. The summed E-state index contributed by atoms with van der Waals surface area (Å²) in [6.07, 6.45) is 0. The fraction of sp³-hybridized carbons (Fsp3) is 0.250. The zero-order valence-corrected chi connectivity index (χ0v) is 7.97. The molecule has 0 heterocycles. The van der Waals surface area contributed by atoms with Gasteiger partial charge in [0.25, 0.3) is 0 Å². The monoisotopic (exact) mass is 216 g/mol. The summed E-state index contributed by atoms with van der Waals surface area (Å²) in [5.41, 5.74) is 0.996. The van der Waals surface area contributed by atoms with E-state index in [4.69, 9.17) is 4.74 Å². The molecule has 0 fully saturated rings. The van der Waals surface area contributed by atoms with E-state index >= 15 is 0 Å². The fourth-order valence-electron chi connectivity index (χ4n) is 0.913. The molecular weight excluding hydrogens is 208 g/mol. The molecule has 3 heteroatoms. The molecule has 0 aliphatic carbocycles. The number of aryl methyl sites for hydroxylation is 1. The molecule has 0 radical (unpaired) electrons. The lowest BCUT2D eigenvalue weighted by molar-refractivity contribution is 0.371. The highest BCUT2D eigenvalue weighted by Gasteiger charge is 2.05. The first-order chi connectivity index (χ1) is 5.15. The molecule has 2 nitrogen and oxygen atoms in total. The number of hydrogen-bond donors (Lipinski definition) is 1. The third-order valence-electron chi connectivity index (χ3n) is 1.37. The molecule has 0 saturated carbocycles. The first-order valence-electron chi connectivity index (χ1n) is 3.18. The van der Waals surface area contributed by atoms with Crippen molar-refractivity contribution in [1.82, 2.24) is 0 Å². The predicted molar refractivity (Wildman–Crippen MR) is 47.1 cm³/mol. The van der Waals surface area contributed by atoms with Gasteiger partial charge in [-0.05, 0) is 40.5 Å².